The summed E-state index contributed by atoms with van der Waals surface area (Å²) in [6.07, 6.45) is 1.65. The Labute approximate surface area is 127 Å². The number of fused-ring (bicyclic) bond motifs is 1. The lowest BCUT2D eigenvalue weighted by Gasteiger charge is -2.07. The molecular formula is C16H17N3OS. The zero-order chi connectivity index (χ0) is 14.7. The Morgan fingerprint density at radius 1 is 1.29 bits per heavy atom. The summed E-state index contributed by atoms with van der Waals surface area (Å²) in [7, 11) is 0. The fraction of sp³-hybridized carbons (Fsp3) is 0.250. The first-order valence-corrected chi connectivity index (χ1v) is 7.81. The Morgan fingerprint density at radius 2 is 2.10 bits per heavy atom. The first-order chi connectivity index (χ1) is 10.3. The molecule has 108 valence electrons. The molecule has 0 aliphatic carbocycles. The van der Waals surface area contributed by atoms with E-state index in [4.69, 9.17) is 0 Å². The normalized spacial score (nSPS) is 11.1. The van der Waals surface area contributed by atoms with Crippen molar-refractivity contribution in [2.24, 2.45) is 0 Å². The number of nitrogens with one attached hydrogen (secondary N) is 1. The number of rotatable bonds is 5. The predicted octanol–water partition coefficient (Wildman–Crippen LogP) is 2.56. The van der Waals surface area contributed by atoms with Crippen molar-refractivity contribution in [1.29, 1.82) is 0 Å². The Bertz CT molecular complexity index is 792. The first-order valence-electron chi connectivity index (χ1n) is 6.93. The molecule has 5 heteroatoms. The van der Waals surface area contributed by atoms with Crippen molar-refractivity contribution >= 4 is 21.6 Å². The van der Waals surface area contributed by atoms with Crippen LogP contribution in [0.15, 0.2) is 46.8 Å². The summed E-state index contributed by atoms with van der Waals surface area (Å²) in [5.74, 6) is 0. The molecule has 0 unspecified atom stereocenters. The van der Waals surface area contributed by atoms with Crippen LogP contribution in [0.25, 0.3) is 10.2 Å². The van der Waals surface area contributed by atoms with Crippen molar-refractivity contribution in [2.75, 3.05) is 6.54 Å². The lowest BCUT2D eigenvalue weighted by molar-refractivity contribution is 0.582. The molecule has 3 rings (SSSR count). The molecule has 0 fully saturated rings. The summed E-state index contributed by atoms with van der Waals surface area (Å²) < 4.78 is 2.43. The zero-order valence-electron chi connectivity index (χ0n) is 11.9. The standard InChI is InChI=1S/C16H17N3OS/c1-12-10-21-15-14(12)18-11-19(16(15)20)8-7-17-9-13-5-3-2-4-6-13/h2-6,10-11,17H,7-9H2,1H3. The van der Waals surface area contributed by atoms with E-state index in [1.165, 1.54) is 16.9 Å². The Kier molecular flexibility index (Phi) is 4.13. The van der Waals surface area contributed by atoms with Crippen LogP contribution in [0.5, 0.6) is 0 Å². The molecule has 21 heavy (non-hydrogen) atoms. The maximum Gasteiger partial charge on any atom is 0.271 e. The number of benzene rings is 1. The minimum atomic E-state index is 0.0552. The lowest BCUT2D eigenvalue weighted by Crippen LogP contribution is -2.26. The molecule has 2 heterocycles. The molecule has 0 saturated carbocycles. The fourth-order valence-corrected chi connectivity index (χ4v) is 3.20. The van der Waals surface area contributed by atoms with Crippen LogP contribution in [0.1, 0.15) is 11.1 Å². The molecule has 0 amide bonds. The molecule has 0 aliphatic rings. The van der Waals surface area contributed by atoms with E-state index in [0.717, 1.165) is 28.9 Å². The van der Waals surface area contributed by atoms with E-state index in [0.29, 0.717) is 6.54 Å². The molecule has 3 aromatic rings. The van der Waals surface area contributed by atoms with Gasteiger partial charge in [0.1, 0.15) is 4.70 Å². The minimum absolute atomic E-state index is 0.0552. The van der Waals surface area contributed by atoms with Gasteiger partial charge in [-0.1, -0.05) is 30.3 Å². The van der Waals surface area contributed by atoms with Crippen LogP contribution in [0.4, 0.5) is 0 Å². The average molecular weight is 299 g/mol. The van der Waals surface area contributed by atoms with E-state index in [1.54, 1.807) is 10.9 Å². The highest BCUT2D eigenvalue weighted by atomic mass is 32.1. The molecule has 0 spiro atoms. The van der Waals surface area contributed by atoms with E-state index in [1.807, 2.05) is 30.5 Å². The molecule has 1 N–H and O–H groups in total. The van der Waals surface area contributed by atoms with Gasteiger partial charge < -0.3 is 5.32 Å². The number of nitrogens with zero attached hydrogens (tertiary/aromatic N) is 2. The van der Waals surface area contributed by atoms with Gasteiger partial charge >= 0.3 is 0 Å². The molecule has 0 atom stereocenters. The quantitative estimate of drug-likeness (QED) is 0.737. The van der Waals surface area contributed by atoms with Crippen LogP contribution < -0.4 is 10.9 Å². The summed E-state index contributed by atoms with van der Waals surface area (Å²) in [4.78, 5) is 16.7. The van der Waals surface area contributed by atoms with Gasteiger partial charge in [0.05, 0.1) is 11.8 Å². The summed E-state index contributed by atoms with van der Waals surface area (Å²) >= 11 is 1.47. The van der Waals surface area contributed by atoms with E-state index >= 15 is 0 Å². The van der Waals surface area contributed by atoms with E-state index in [2.05, 4.69) is 22.4 Å². The highest BCUT2D eigenvalue weighted by Gasteiger charge is 2.07. The highest BCUT2D eigenvalue weighted by molar-refractivity contribution is 7.17. The zero-order valence-corrected chi connectivity index (χ0v) is 12.7. The van der Waals surface area contributed by atoms with Gasteiger partial charge in [-0.15, -0.1) is 11.3 Å². The van der Waals surface area contributed by atoms with Gasteiger partial charge in [-0.3, -0.25) is 9.36 Å². The average Bonchev–Trinajstić information content (AvgIpc) is 2.89. The van der Waals surface area contributed by atoms with E-state index in [-0.39, 0.29) is 5.56 Å². The molecule has 0 bridgehead atoms. The van der Waals surface area contributed by atoms with Crippen molar-refractivity contribution < 1.29 is 0 Å². The third-order valence-electron chi connectivity index (χ3n) is 3.42. The molecule has 0 radical (unpaired) electrons. The third-order valence-corrected chi connectivity index (χ3v) is 4.50. The van der Waals surface area contributed by atoms with E-state index in [9.17, 15) is 4.79 Å². The summed E-state index contributed by atoms with van der Waals surface area (Å²) in [6, 6.07) is 10.2. The summed E-state index contributed by atoms with van der Waals surface area (Å²) in [6.45, 7) is 4.16. The van der Waals surface area contributed by atoms with Gasteiger partial charge in [-0.2, -0.15) is 0 Å². The second-order valence-electron chi connectivity index (χ2n) is 5.00. The molecule has 1 aromatic carbocycles. The highest BCUT2D eigenvalue weighted by Crippen LogP contribution is 2.19. The number of aryl methyl sites for hydroxylation is 1. The summed E-state index contributed by atoms with van der Waals surface area (Å²) in [5, 5.41) is 5.33. The third kappa shape index (κ3) is 3.04. The van der Waals surface area contributed by atoms with Crippen molar-refractivity contribution in [3.63, 3.8) is 0 Å². The monoisotopic (exact) mass is 299 g/mol. The summed E-state index contributed by atoms with van der Waals surface area (Å²) in [5.41, 5.74) is 3.20. The molecule has 2 aromatic heterocycles. The van der Waals surface area contributed by atoms with Gasteiger partial charge in [-0.25, -0.2) is 4.98 Å². The molecule has 0 aliphatic heterocycles. The van der Waals surface area contributed by atoms with Gasteiger partial charge in [0.15, 0.2) is 0 Å². The van der Waals surface area contributed by atoms with Crippen molar-refractivity contribution in [2.45, 2.75) is 20.0 Å². The van der Waals surface area contributed by atoms with Gasteiger partial charge in [0, 0.05) is 19.6 Å². The van der Waals surface area contributed by atoms with Gasteiger partial charge in [0.2, 0.25) is 0 Å². The van der Waals surface area contributed by atoms with Crippen LogP contribution in [0, 0.1) is 6.92 Å². The van der Waals surface area contributed by atoms with Gasteiger partial charge in [0.25, 0.3) is 5.56 Å². The maximum atomic E-state index is 12.3. The van der Waals surface area contributed by atoms with Crippen LogP contribution in [0.2, 0.25) is 0 Å². The second kappa shape index (κ2) is 6.20. The smallest absolute Gasteiger partial charge is 0.271 e. The lowest BCUT2D eigenvalue weighted by atomic mass is 10.2. The topological polar surface area (TPSA) is 46.9 Å². The Morgan fingerprint density at radius 3 is 2.90 bits per heavy atom. The largest absolute Gasteiger partial charge is 0.311 e. The van der Waals surface area contributed by atoms with Crippen LogP contribution >= 0.6 is 11.3 Å². The minimum Gasteiger partial charge on any atom is -0.311 e. The van der Waals surface area contributed by atoms with Crippen LogP contribution in [-0.4, -0.2) is 16.1 Å². The van der Waals surface area contributed by atoms with Crippen molar-refractivity contribution in [1.82, 2.24) is 14.9 Å². The van der Waals surface area contributed by atoms with Crippen molar-refractivity contribution in [3.05, 3.63) is 63.5 Å². The number of hydrogen-bond donors (Lipinski definition) is 1. The SMILES string of the molecule is Cc1csc2c(=O)n(CCNCc3ccccc3)cnc12. The number of hydrogen-bond acceptors (Lipinski definition) is 4. The number of thiophene rings is 1. The second-order valence-corrected chi connectivity index (χ2v) is 5.88. The predicted molar refractivity (Wildman–Crippen MR) is 86.8 cm³/mol. The Hall–Kier alpha value is -1.98. The maximum absolute atomic E-state index is 12.3. The van der Waals surface area contributed by atoms with Crippen LogP contribution in [0.3, 0.4) is 0 Å². The molecule has 4 nitrogen and oxygen atoms in total. The Balaban J connectivity index is 1.63. The molecule has 0 saturated heterocycles. The van der Waals surface area contributed by atoms with Gasteiger partial charge in [-0.05, 0) is 23.4 Å². The first kappa shape index (κ1) is 14.0. The number of aromatic nitrogens is 2. The fourth-order valence-electron chi connectivity index (χ4n) is 2.25. The van der Waals surface area contributed by atoms with E-state index < -0.39 is 0 Å². The van der Waals surface area contributed by atoms with Crippen LogP contribution in [-0.2, 0) is 13.1 Å². The molecular weight excluding hydrogens is 282 g/mol. The van der Waals surface area contributed by atoms with Crippen molar-refractivity contribution in [3.8, 4) is 0 Å².